The molecule has 1 aliphatic carbocycles. The average Bonchev–Trinajstić information content (AvgIpc) is 1.53. The molecule has 0 bridgehead atoms. The first-order valence-corrected chi connectivity index (χ1v) is 29.9. The zero-order chi connectivity index (χ0) is 57.0. The Morgan fingerprint density at radius 1 is 0.198 bits per heavy atom. The lowest BCUT2D eigenvalue weighted by Crippen LogP contribution is -2.17. The van der Waals surface area contributed by atoms with Crippen LogP contribution >= 0.6 is 0 Å². The van der Waals surface area contributed by atoms with Crippen molar-refractivity contribution in [1.29, 1.82) is 0 Å². The molecule has 0 unspecified atom stereocenters. The summed E-state index contributed by atoms with van der Waals surface area (Å²) in [5.74, 6) is 0. The highest BCUT2D eigenvalue weighted by Gasteiger charge is 2.38. The highest BCUT2D eigenvalue weighted by molar-refractivity contribution is 6.25. The van der Waals surface area contributed by atoms with E-state index in [4.69, 9.17) is 0 Å². The van der Waals surface area contributed by atoms with E-state index in [-0.39, 0.29) is 0 Å². The second kappa shape index (κ2) is 19.6. The van der Waals surface area contributed by atoms with Crippen LogP contribution < -0.4 is 14.7 Å². The van der Waals surface area contributed by atoms with E-state index >= 15 is 0 Å². The molecule has 0 atom stereocenters. The van der Waals surface area contributed by atoms with Crippen LogP contribution in [0.2, 0.25) is 0 Å². The summed E-state index contributed by atoms with van der Waals surface area (Å²) >= 11 is 0. The third-order valence-electron chi connectivity index (χ3n) is 18.4. The van der Waals surface area contributed by atoms with Gasteiger partial charge in [0, 0.05) is 66.8 Å². The monoisotopic (exact) mass is 1100 g/mol. The standard InChI is InChI=1S/C83H57N3/c1-83(2)79-51-72(84(66-37-31-54-17-3-9-23-60(54)45-66)67-38-32-55-18-4-10-24-61(55)46-67)43-44-73(79)76-52-77-78(53-80(76)83)82(86(70-41-35-58-21-7-13-27-64(58)49-70)71-42-36-59-22-8-14-28-65(59)50-71)75-30-16-15-29-74(75)81(77)85(68-39-33-56-19-5-11-25-62(56)47-68)69-40-34-57-20-6-12-26-63(57)48-69/h3-53H,1-2H3. The Morgan fingerprint density at radius 2 is 0.453 bits per heavy atom. The summed E-state index contributed by atoms with van der Waals surface area (Å²) in [5.41, 5.74) is 14.6. The van der Waals surface area contributed by atoms with Crippen molar-refractivity contribution < 1.29 is 0 Å². The van der Waals surface area contributed by atoms with Gasteiger partial charge in [-0.25, -0.2) is 0 Å². The van der Waals surface area contributed by atoms with E-state index in [1.165, 1.54) is 92.3 Å². The maximum atomic E-state index is 2.58. The molecule has 0 aromatic heterocycles. The molecule has 0 heterocycles. The van der Waals surface area contributed by atoms with Crippen LogP contribution in [0.15, 0.2) is 309 Å². The van der Waals surface area contributed by atoms with E-state index in [2.05, 4.69) is 338 Å². The zero-order valence-corrected chi connectivity index (χ0v) is 47.8. The number of nitrogens with zero attached hydrogens (tertiary/aromatic N) is 3. The van der Waals surface area contributed by atoms with Gasteiger partial charge in [0.2, 0.25) is 0 Å². The molecule has 0 amide bonds. The van der Waals surface area contributed by atoms with Gasteiger partial charge < -0.3 is 14.7 Å². The fourth-order valence-electron chi connectivity index (χ4n) is 14.1. The Balaban J connectivity index is 0.969. The minimum Gasteiger partial charge on any atom is -0.310 e. The second-order valence-corrected chi connectivity index (χ2v) is 23.7. The maximum Gasteiger partial charge on any atom is 0.0620 e. The molecule has 16 aromatic carbocycles. The summed E-state index contributed by atoms with van der Waals surface area (Å²) in [6, 6.07) is 115. The van der Waals surface area contributed by atoms with Gasteiger partial charge in [-0.05, 0) is 184 Å². The zero-order valence-electron chi connectivity index (χ0n) is 47.8. The third-order valence-corrected chi connectivity index (χ3v) is 18.4. The Hall–Kier alpha value is -11.0. The number of hydrogen-bond acceptors (Lipinski definition) is 3. The SMILES string of the molecule is CC1(C)c2cc(N(c3ccc4ccccc4c3)c3ccc4ccccc4c3)ccc2-c2cc3c(N(c4ccc5ccccc5c4)c4ccc5ccccc5c4)c4ccccc4c(N(c4ccc5ccccc5c4)c4ccc5ccccc5c4)c3cc21. The quantitative estimate of drug-likeness (QED) is 0.105. The topological polar surface area (TPSA) is 9.72 Å². The molecule has 0 N–H and O–H groups in total. The smallest absolute Gasteiger partial charge is 0.0620 e. The highest BCUT2D eigenvalue weighted by Crippen LogP contribution is 2.58. The summed E-state index contributed by atoms with van der Waals surface area (Å²) in [6.07, 6.45) is 0. The molecule has 16 aromatic rings. The van der Waals surface area contributed by atoms with Crippen LogP contribution in [0.5, 0.6) is 0 Å². The minimum atomic E-state index is -0.413. The van der Waals surface area contributed by atoms with Gasteiger partial charge in [-0.15, -0.1) is 0 Å². The van der Waals surface area contributed by atoms with Crippen LogP contribution in [0, 0.1) is 0 Å². The number of benzene rings is 16. The first-order chi connectivity index (χ1) is 42.4. The normalized spacial score (nSPS) is 12.6. The van der Waals surface area contributed by atoms with Gasteiger partial charge in [-0.3, -0.25) is 0 Å². The molecule has 404 valence electrons. The predicted molar refractivity (Wildman–Crippen MR) is 368 cm³/mol. The summed E-state index contributed by atoms with van der Waals surface area (Å²) < 4.78 is 0. The third kappa shape index (κ3) is 8.04. The van der Waals surface area contributed by atoms with Crippen LogP contribution in [0.25, 0.3) is 97.3 Å². The Morgan fingerprint density at radius 3 is 0.791 bits per heavy atom. The van der Waals surface area contributed by atoms with E-state index < -0.39 is 5.41 Å². The van der Waals surface area contributed by atoms with Gasteiger partial charge in [0.25, 0.3) is 0 Å². The Bertz CT molecular complexity index is 5200. The van der Waals surface area contributed by atoms with Crippen LogP contribution in [-0.2, 0) is 5.41 Å². The molecular weight excluding hydrogens is 1040 g/mol. The average molecular weight is 1100 g/mol. The van der Waals surface area contributed by atoms with Crippen molar-refractivity contribution in [2.24, 2.45) is 0 Å². The summed E-state index contributed by atoms with van der Waals surface area (Å²) in [5, 5.41) is 19.1. The van der Waals surface area contributed by atoms with Crippen LogP contribution in [-0.4, -0.2) is 0 Å². The van der Waals surface area contributed by atoms with Crippen molar-refractivity contribution in [1.82, 2.24) is 0 Å². The lowest BCUT2D eigenvalue weighted by atomic mass is 9.81. The fraction of sp³-hybridized carbons (Fsp3) is 0.0361. The summed E-state index contributed by atoms with van der Waals surface area (Å²) in [6.45, 7) is 4.87. The largest absolute Gasteiger partial charge is 0.310 e. The van der Waals surface area contributed by atoms with Crippen molar-refractivity contribution in [3.63, 3.8) is 0 Å². The van der Waals surface area contributed by atoms with Crippen molar-refractivity contribution in [3.05, 3.63) is 321 Å². The van der Waals surface area contributed by atoms with Crippen LogP contribution in [0.1, 0.15) is 25.0 Å². The Labute approximate surface area is 500 Å². The molecular formula is C83H57N3. The van der Waals surface area contributed by atoms with E-state index in [1.54, 1.807) is 0 Å². The van der Waals surface area contributed by atoms with Gasteiger partial charge in [-0.1, -0.05) is 226 Å². The highest BCUT2D eigenvalue weighted by atomic mass is 15.2. The van der Waals surface area contributed by atoms with Crippen LogP contribution in [0.3, 0.4) is 0 Å². The molecule has 86 heavy (non-hydrogen) atoms. The van der Waals surface area contributed by atoms with E-state index in [1.807, 2.05) is 0 Å². The summed E-state index contributed by atoms with van der Waals surface area (Å²) in [7, 11) is 0. The summed E-state index contributed by atoms with van der Waals surface area (Å²) in [4.78, 5) is 7.55. The van der Waals surface area contributed by atoms with Crippen molar-refractivity contribution in [2.75, 3.05) is 14.7 Å². The molecule has 17 rings (SSSR count). The molecule has 0 saturated heterocycles. The molecule has 1 aliphatic rings. The second-order valence-electron chi connectivity index (χ2n) is 23.7. The number of fused-ring (bicyclic) bond motifs is 11. The molecule has 0 spiro atoms. The molecule has 3 nitrogen and oxygen atoms in total. The minimum absolute atomic E-state index is 0.413. The number of hydrogen-bond donors (Lipinski definition) is 0. The Kier molecular flexibility index (Phi) is 11.3. The van der Waals surface area contributed by atoms with Gasteiger partial charge in [-0.2, -0.15) is 0 Å². The van der Waals surface area contributed by atoms with E-state index in [0.29, 0.717) is 0 Å². The maximum absolute atomic E-state index is 2.58. The molecule has 0 saturated carbocycles. The molecule has 0 fully saturated rings. The van der Waals surface area contributed by atoms with Gasteiger partial charge >= 0.3 is 0 Å². The van der Waals surface area contributed by atoms with E-state index in [9.17, 15) is 0 Å². The molecule has 0 aliphatic heterocycles. The first kappa shape index (κ1) is 49.6. The lowest BCUT2D eigenvalue weighted by Gasteiger charge is -2.34. The van der Waals surface area contributed by atoms with Crippen molar-refractivity contribution in [2.45, 2.75) is 19.3 Å². The van der Waals surface area contributed by atoms with Gasteiger partial charge in [0.1, 0.15) is 0 Å². The predicted octanol–water partition coefficient (Wildman–Crippen LogP) is 23.6. The van der Waals surface area contributed by atoms with Crippen molar-refractivity contribution in [3.8, 4) is 11.1 Å². The number of anilines is 9. The fourth-order valence-corrected chi connectivity index (χ4v) is 14.1. The first-order valence-electron chi connectivity index (χ1n) is 29.9. The van der Waals surface area contributed by atoms with E-state index in [0.717, 1.165) is 67.3 Å². The van der Waals surface area contributed by atoms with Crippen molar-refractivity contribution >= 4 is 137 Å². The van der Waals surface area contributed by atoms with Crippen LogP contribution in [0.4, 0.5) is 51.2 Å². The lowest BCUT2D eigenvalue weighted by molar-refractivity contribution is 0.661. The van der Waals surface area contributed by atoms with Gasteiger partial charge in [0.15, 0.2) is 0 Å². The number of rotatable bonds is 9. The van der Waals surface area contributed by atoms with Gasteiger partial charge in [0.05, 0.1) is 11.4 Å². The molecule has 0 radical (unpaired) electrons. The molecule has 3 heteroatoms.